The van der Waals surface area contributed by atoms with Gasteiger partial charge in [0.1, 0.15) is 0 Å². The smallest absolute Gasteiger partial charge is 0.220 e. The Kier molecular flexibility index (Phi) is 11.6. The Balaban J connectivity index is 0. The molecule has 0 bridgehead atoms. The lowest BCUT2D eigenvalue weighted by atomic mass is 9.90. The first kappa shape index (κ1) is 22.5. The van der Waals surface area contributed by atoms with Crippen LogP contribution in [-0.4, -0.2) is 29.9 Å². The largest absolute Gasteiger partial charge is 0.354 e. The molecule has 4 N–H and O–H groups in total. The Morgan fingerprint density at radius 2 is 1.62 bits per heavy atom. The van der Waals surface area contributed by atoms with Crippen LogP contribution in [0.25, 0.3) is 0 Å². The van der Waals surface area contributed by atoms with Gasteiger partial charge in [0.2, 0.25) is 11.8 Å². The van der Waals surface area contributed by atoms with Crippen molar-refractivity contribution < 1.29 is 9.59 Å². The number of carbonyl (C=O) groups excluding carboxylic acids is 2. The lowest BCUT2D eigenvalue weighted by Crippen LogP contribution is -2.52. The number of hydrogen-bond donors (Lipinski definition) is 3. The molecule has 5 nitrogen and oxygen atoms in total. The van der Waals surface area contributed by atoms with Crippen molar-refractivity contribution in [2.75, 3.05) is 6.54 Å². The van der Waals surface area contributed by atoms with Crippen molar-refractivity contribution in [2.45, 2.75) is 71.9 Å². The minimum absolute atomic E-state index is 0. The molecule has 0 aliphatic rings. The molecule has 21 heavy (non-hydrogen) atoms. The molecule has 0 aliphatic carbocycles. The minimum Gasteiger partial charge on any atom is -0.354 e. The molecule has 6 heteroatoms. The third-order valence-corrected chi connectivity index (χ3v) is 3.01. The van der Waals surface area contributed by atoms with Crippen molar-refractivity contribution in [1.82, 2.24) is 10.6 Å². The lowest BCUT2D eigenvalue weighted by Gasteiger charge is -2.31. The number of carbonyl (C=O) groups is 2. The number of rotatable bonds is 9. The maximum absolute atomic E-state index is 11.9. The molecule has 126 valence electrons. The first-order valence-corrected chi connectivity index (χ1v) is 7.49. The van der Waals surface area contributed by atoms with Gasteiger partial charge < -0.3 is 16.4 Å². The quantitative estimate of drug-likeness (QED) is 0.607. The molecular weight excluding hydrogens is 290 g/mol. The summed E-state index contributed by atoms with van der Waals surface area (Å²) in [6, 6.07) is 0.142. The number of nitrogens with two attached hydrogens (primary N) is 1. The zero-order valence-electron chi connectivity index (χ0n) is 14.0. The second-order valence-corrected chi connectivity index (χ2v) is 6.49. The van der Waals surface area contributed by atoms with Gasteiger partial charge >= 0.3 is 0 Å². The molecule has 0 heterocycles. The molecule has 0 radical (unpaired) electrons. The van der Waals surface area contributed by atoms with Crippen LogP contribution in [0.2, 0.25) is 0 Å². The highest BCUT2D eigenvalue weighted by atomic mass is 35.5. The first-order chi connectivity index (χ1) is 9.18. The molecule has 1 atom stereocenters. The van der Waals surface area contributed by atoms with Gasteiger partial charge in [-0.05, 0) is 39.5 Å². The molecule has 0 aromatic rings. The van der Waals surface area contributed by atoms with Gasteiger partial charge in [-0.2, -0.15) is 0 Å². The van der Waals surface area contributed by atoms with Crippen LogP contribution in [0.4, 0.5) is 0 Å². The molecule has 0 fully saturated rings. The third-order valence-electron chi connectivity index (χ3n) is 3.01. The van der Waals surface area contributed by atoms with E-state index in [4.69, 9.17) is 5.73 Å². The Bertz CT molecular complexity index is 322. The van der Waals surface area contributed by atoms with Gasteiger partial charge in [0.15, 0.2) is 0 Å². The highest BCUT2D eigenvalue weighted by Gasteiger charge is 2.25. The minimum atomic E-state index is -0.356. The molecule has 0 aromatic carbocycles. The summed E-state index contributed by atoms with van der Waals surface area (Å²) in [6.07, 6.45) is 2.16. The zero-order chi connectivity index (χ0) is 15.8. The summed E-state index contributed by atoms with van der Waals surface area (Å²) in [5.74, 6) is 0.438. The van der Waals surface area contributed by atoms with Crippen molar-refractivity contribution in [3.63, 3.8) is 0 Å². The number of hydrogen-bond acceptors (Lipinski definition) is 3. The average molecular weight is 322 g/mol. The first-order valence-electron chi connectivity index (χ1n) is 7.49. The van der Waals surface area contributed by atoms with Gasteiger partial charge in [-0.15, -0.1) is 12.4 Å². The van der Waals surface area contributed by atoms with Gasteiger partial charge in [-0.1, -0.05) is 13.8 Å². The van der Waals surface area contributed by atoms with E-state index in [0.29, 0.717) is 31.7 Å². The number of nitrogens with one attached hydrogen (secondary N) is 2. The Morgan fingerprint density at radius 3 is 2.05 bits per heavy atom. The predicted molar refractivity (Wildman–Crippen MR) is 89.4 cm³/mol. The van der Waals surface area contributed by atoms with E-state index < -0.39 is 0 Å². The van der Waals surface area contributed by atoms with E-state index in [0.717, 1.165) is 6.42 Å². The monoisotopic (exact) mass is 321 g/mol. The van der Waals surface area contributed by atoms with Crippen LogP contribution in [0.3, 0.4) is 0 Å². The van der Waals surface area contributed by atoms with E-state index in [1.54, 1.807) is 0 Å². The van der Waals surface area contributed by atoms with Crippen molar-refractivity contribution >= 4 is 24.2 Å². The summed E-state index contributed by atoms with van der Waals surface area (Å²) in [6.45, 7) is 10.4. The van der Waals surface area contributed by atoms with E-state index in [2.05, 4.69) is 24.5 Å². The van der Waals surface area contributed by atoms with Crippen molar-refractivity contribution in [1.29, 1.82) is 0 Å². The van der Waals surface area contributed by atoms with Crippen LogP contribution < -0.4 is 16.4 Å². The van der Waals surface area contributed by atoms with Gasteiger partial charge in [0.05, 0.1) is 0 Å². The highest BCUT2D eigenvalue weighted by molar-refractivity contribution is 5.85. The fourth-order valence-corrected chi connectivity index (χ4v) is 2.29. The maximum Gasteiger partial charge on any atom is 0.220 e. The van der Waals surface area contributed by atoms with Crippen LogP contribution in [-0.2, 0) is 9.59 Å². The zero-order valence-corrected chi connectivity index (χ0v) is 14.8. The van der Waals surface area contributed by atoms with E-state index in [9.17, 15) is 9.59 Å². The van der Waals surface area contributed by atoms with Crippen molar-refractivity contribution in [2.24, 2.45) is 11.7 Å². The Labute approximate surface area is 135 Å². The van der Waals surface area contributed by atoms with Gasteiger partial charge in [0, 0.05) is 31.0 Å². The molecule has 2 amide bonds. The fourth-order valence-electron chi connectivity index (χ4n) is 2.29. The van der Waals surface area contributed by atoms with E-state index in [-0.39, 0.29) is 35.8 Å². The highest BCUT2D eigenvalue weighted by Crippen LogP contribution is 2.15. The number of amides is 2. The van der Waals surface area contributed by atoms with Crippen LogP contribution >= 0.6 is 12.4 Å². The van der Waals surface area contributed by atoms with Crippen LogP contribution in [0.1, 0.15) is 60.3 Å². The summed E-state index contributed by atoms with van der Waals surface area (Å²) in [5, 5.41) is 5.80. The molecule has 1 unspecified atom stereocenters. The van der Waals surface area contributed by atoms with E-state index in [1.807, 2.05) is 20.8 Å². The number of halogens is 1. The molecule has 0 aromatic heterocycles. The average Bonchev–Trinajstić information content (AvgIpc) is 2.26. The Morgan fingerprint density at radius 1 is 1.10 bits per heavy atom. The topological polar surface area (TPSA) is 84.2 Å². The summed E-state index contributed by atoms with van der Waals surface area (Å²) in [4.78, 5) is 23.4. The van der Waals surface area contributed by atoms with Crippen molar-refractivity contribution in [3.05, 3.63) is 0 Å². The van der Waals surface area contributed by atoms with Crippen molar-refractivity contribution in [3.8, 4) is 0 Å². The van der Waals surface area contributed by atoms with Crippen LogP contribution in [0.5, 0.6) is 0 Å². The molecule has 0 aliphatic heterocycles. The molecule has 0 saturated carbocycles. The molecule has 0 spiro atoms. The lowest BCUT2D eigenvalue weighted by molar-refractivity contribution is -0.123. The van der Waals surface area contributed by atoms with Gasteiger partial charge in [-0.25, -0.2) is 0 Å². The Hall–Kier alpha value is -0.810. The van der Waals surface area contributed by atoms with Crippen LogP contribution in [0, 0.1) is 5.92 Å². The summed E-state index contributed by atoms with van der Waals surface area (Å²) in [5.41, 5.74) is 5.40. The second-order valence-electron chi connectivity index (χ2n) is 6.49. The fraction of sp³-hybridized carbons (Fsp3) is 0.867. The van der Waals surface area contributed by atoms with Gasteiger partial charge in [-0.3, -0.25) is 9.59 Å². The van der Waals surface area contributed by atoms with Gasteiger partial charge in [0.25, 0.3) is 0 Å². The van der Waals surface area contributed by atoms with E-state index in [1.165, 1.54) is 0 Å². The summed E-state index contributed by atoms with van der Waals surface area (Å²) < 4.78 is 0. The molecule has 0 rings (SSSR count). The predicted octanol–water partition coefficient (Wildman–Crippen LogP) is 1.98. The maximum atomic E-state index is 11.9. The standard InChI is InChI=1S/C15H31N3O2.ClH/c1-11(2)9-15(5,10-16)18-14(20)8-6-7-13(19)17-12(3)4;/h11-12H,6-10,16H2,1-5H3,(H,17,19)(H,18,20);1H. The summed E-state index contributed by atoms with van der Waals surface area (Å²) >= 11 is 0. The van der Waals surface area contributed by atoms with Crippen LogP contribution in [0.15, 0.2) is 0 Å². The SMILES string of the molecule is CC(C)CC(C)(CN)NC(=O)CCCC(=O)NC(C)C.Cl. The molecular formula is C15H32ClN3O2. The third kappa shape index (κ3) is 11.5. The van der Waals surface area contributed by atoms with E-state index >= 15 is 0 Å². The normalized spacial score (nSPS) is 13.5. The second kappa shape index (κ2) is 10.9. The summed E-state index contributed by atoms with van der Waals surface area (Å²) in [7, 11) is 0. The molecule has 0 saturated heterocycles.